The molecule has 0 aliphatic rings. The molecule has 1 atom stereocenters. The van der Waals surface area contributed by atoms with Gasteiger partial charge in [0.25, 0.3) is 0 Å². The van der Waals surface area contributed by atoms with Gasteiger partial charge in [0, 0.05) is 19.3 Å². The summed E-state index contributed by atoms with van der Waals surface area (Å²) in [6.07, 6.45) is 74.6. The van der Waals surface area contributed by atoms with Crippen LogP contribution < -0.4 is 0 Å². The molecule has 6 nitrogen and oxygen atoms in total. The highest BCUT2D eigenvalue weighted by molar-refractivity contribution is 5.71. The van der Waals surface area contributed by atoms with Crippen molar-refractivity contribution in [1.82, 2.24) is 0 Å². The first-order valence-electron chi connectivity index (χ1n) is 32.0. The van der Waals surface area contributed by atoms with Crippen LogP contribution in [0.25, 0.3) is 0 Å². The van der Waals surface area contributed by atoms with Gasteiger partial charge in [0.2, 0.25) is 0 Å². The van der Waals surface area contributed by atoms with E-state index in [2.05, 4.69) is 57.2 Å². The highest BCUT2D eigenvalue weighted by atomic mass is 16.6. The predicted octanol–water partition coefficient (Wildman–Crippen LogP) is 21.6. The van der Waals surface area contributed by atoms with Crippen molar-refractivity contribution >= 4 is 17.9 Å². The van der Waals surface area contributed by atoms with E-state index in [0.29, 0.717) is 19.3 Å². The van der Waals surface area contributed by atoms with Crippen LogP contribution in [0.4, 0.5) is 0 Å². The normalized spacial score (nSPS) is 12.2. The molecule has 422 valence electrons. The topological polar surface area (TPSA) is 78.9 Å². The van der Waals surface area contributed by atoms with E-state index in [4.69, 9.17) is 14.2 Å². The van der Waals surface area contributed by atoms with Crippen LogP contribution in [0.1, 0.15) is 348 Å². The number of hydrogen-bond donors (Lipinski definition) is 0. The van der Waals surface area contributed by atoms with Gasteiger partial charge in [-0.25, -0.2) is 0 Å². The lowest BCUT2D eigenvalue weighted by atomic mass is 10.0. The second-order valence-corrected chi connectivity index (χ2v) is 21.7. The molecular weight excluding hydrogens is 889 g/mol. The Kier molecular flexibility index (Phi) is 59.2. The van der Waals surface area contributed by atoms with Crippen molar-refractivity contribution in [2.75, 3.05) is 13.2 Å². The van der Waals surface area contributed by atoms with Gasteiger partial charge in [0.15, 0.2) is 6.10 Å². The number of allylic oxidation sites excluding steroid dienone is 6. The maximum Gasteiger partial charge on any atom is 0.306 e. The second kappa shape index (κ2) is 61.2. The lowest BCUT2D eigenvalue weighted by molar-refractivity contribution is -0.167. The fraction of sp³-hybridized carbons (Fsp3) is 0.864. The predicted molar refractivity (Wildman–Crippen MR) is 312 cm³/mol. The van der Waals surface area contributed by atoms with Gasteiger partial charge >= 0.3 is 17.9 Å². The third-order valence-corrected chi connectivity index (χ3v) is 14.4. The summed E-state index contributed by atoms with van der Waals surface area (Å²) in [7, 11) is 0. The maximum absolute atomic E-state index is 12.8. The summed E-state index contributed by atoms with van der Waals surface area (Å²) in [4.78, 5) is 38.2. The van der Waals surface area contributed by atoms with Crippen molar-refractivity contribution in [1.29, 1.82) is 0 Å². The molecule has 0 aromatic heterocycles. The van der Waals surface area contributed by atoms with Gasteiger partial charge in [-0.15, -0.1) is 0 Å². The number of ether oxygens (including phenoxy) is 3. The Morgan fingerprint density at radius 1 is 0.292 bits per heavy atom. The largest absolute Gasteiger partial charge is 0.462 e. The number of carbonyl (C=O) groups is 3. The number of unbranched alkanes of at least 4 members (excludes halogenated alkanes) is 42. The van der Waals surface area contributed by atoms with Crippen molar-refractivity contribution < 1.29 is 28.6 Å². The van der Waals surface area contributed by atoms with Gasteiger partial charge in [0.05, 0.1) is 0 Å². The quantitative estimate of drug-likeness (QED) is 0.0261. The first kappa shape index (κ1) is 69.6. The molecule has 0 aliphatic heterocycles. The van der Waals surface area contributed by atoms with E-state index in [0.717, 1.165) is 96.3 Å². The highest BCUT2D eigenvalue weighted by Crippen LogP contribution is 2.18. The van der Waals surface area contributed by atoms with Gasteiger partial charge in [0.1, 0.15) is 13.2 Å². The number of hydrogen-bond acceptors (Lipinski definition) is 6. The molecule has 0 fully saturated rings. The fourth-order valence-electron chi connectivity index (χ4n) is 9.64. The molecule has 0 spiro atoms. The summed E-state index contributed by atoms with van der Waals surface area (Å²) < 4.78 is 16.9. The third kappa shape index (κ3) is 58.5. The molecule has 0 saturated heterocycles. The molecule has 0 aliphatic carbocycles. The molecule has 0 N–H and O–H groups in total. The van der Waals surface area contributed by atoms with Crippen LogP contribution in [0.2, 0.25) is 0 Å². The van der Waals surface area contributed by atoms with Crippen molar-refractivity contribution in [3.8, 4) is 0 Å². The molecule has 6 heteroatoms. The first-order chi connectivity index (χ1) is 35.5. The second-order valence-electron chi connectivity index (χ2n) is 21.7. The van der Waals surface area contributed by atoms with Crippen LogP contribution in [0.3, 0.4) is 0 Å². The van der Waals surface area contributed by atoms with E-state index in [-0.39, 0.29) is 31.1 Å². The zero-order valence-electron chi connectivity index (χ0n) is 48.5. The molecule has 0 heterocycles. The molecule has 0 amide bonds. The number of rotatable bonds is 59. The molecule has 0 saturated carbocycles. The summed E-state index contributed by atoms with van der Waals surface area (Å²) in [5.41, 5.74) is 0. The summed E-state index contributed by atoms with van der Waals surface area (Å²) >= 11 is 0. The molecule has 0 rings (SSSR count). The van der Waals surface area contributed by atoms with Crippen molar-refractivity contribution in [2.24, 2.45) is 0 Å². The van der Waals surface area contributed by atoms with Crippen LogP contribution >= 0.6 is 0 Å². The Labute approximate surface area is 448 Å². The Morgan fingerprint density at radius 3 is 0.847 bits per heavy atom. The van der Waals surface area contributed by atoms with E-state index in [9.17, 15) is 14.4 Å². The zero-order chi connectivity index (χ0) is 52.2. The summed E-state index contributed by atoms with van der Waals surface area (Å²) in [6, 6.07) is 0. The van der Waals surface area contributed by atoms with Crippen molar-refractivity contribution in [3.05, 3.63) is 36.5 Å². The average Bonchev–Trinajstić information content (AvgIpc) is 3.38. The SMILES string of the molecule is CC/C=C\C/C=C\C/C=C\CCCCCCCC(=O)OC(COC(=O)CCCCCCCCCCCCC)COC(=O)CCCCCCCCCCCCCCCCCCCCCCCCCCCCCC. The number of carbonyl (C=O) groups excluding carboxylic acids is 3. The minimum absolute atomic E-state index is 0.0744. The standard InChI is InChI=1S/C66H122O6/c1-4-7-10-13-16-19-22-24-26-27-28-29-30-31-32-33-34-35-36-37-38-40-41-44-47-50-53-56-59-65(68)71-62-63(61-70-64(67)58-55-52-49-46-43-21-18-15-12-9-6-3)72-66(69)60-57-54-51-48-45-42-39-25-23-20-17-14-11-8-5-2/h8,11,17,20,25,39,63H,4-7,9-10,12-16,18-19,21-24,26-38,40-62H2,1-3H3/b11-8-,20-17-,39-25-. The van der Waals surface area contributed by atoms with Crippen LogP contribution in [-0.2, 0) is 28.6 Å². The Hall–Kier alpha value is -2.37. The van der Waals surface area contributed by atoms with Gasteiger partial charge < -0.3 is 14.2 Å². The summed E-state index contributed by atoms with van der Waals surface area (Å²) in [6.45, 7) is 6.56. The van der Waals surface area contributed by atoms with Crippen LogP contribution in [0, 0.1) is 0 Å². The monoisotopic (exact) mass is 1010 g/mol. The maximum atomic E-state index is 12.8. The van der Waals surface area contributed by atoms with E-state index < -0.39 is 6.10 Å². The van der Waals surface area contributed by atoms with E-state index in [1.165, 1.54) is 212 Å². The average molecular weight is 1010 g/mol. The number of esters is 3. The lowest BCUT2D eigenvalue weighted by Crippen LogP contribution is -2.30. The van der Waals surface area contributed by atoms with E-state index >= 15 is 0 Å². The Balaban J connectivity index is 4.13. The van der Waals surface area contributed by atoms with E-state index in [1.807, 2.05) is 0 Å². The zero-order valence-corrected chi connectivity index (χ0v) is 48.5. The molecule has 0 aromatic carbocycles. The smallest absolute Gasteiger partial charge is 0.306 e. The molecule has 72 heavy (non-hydrogen) atoms. The van der Waals surface area contributed by atoms with Crippen LogP contribution in [0.15, 0.2) is 36.5 Å². The Bertz CT molecular complexity index is 1210. The van der Waals surface area contributed by atoms with Crippen LogP contribution in [-0.4, -0.2) is 37.2 Å². The van der Waals surface area contributed by atoms with Crippen molar-refractivity contribution in [2.45, 2.75) is 354 Å². The molecule has 0 radical (unpaired) electrons. The third-order valence-electron chi connectivity index (χ3n) is 14.4. The molecule has 0 bridgehead atoms. The minimum atomic E-state index is -0.777. The first-order valence-corrected chi connectivity index (χ1v) is 32.0. The van der Waals surface area contributed by atoms with Gasteiger partial charge in [-0.05, 0) is 51.4 Å². The van der Waals surface area contributed by atoms with E-state index in [1.54, 1.807) is 0 Å². The molecular formula is C66H122O6. The van der Waals surface area contributed by atoms with Gasteiger partial charge in [-0.2, -0.15) is 0 Å². The summed E-state index contributed by atoms with van der Waals surface area (Å²) in [5, 5.41) is 0. The van der Waals surface area contributed by atoms with Crippen molar-refractivity contribution in [3.63, 3.8) is 0 Å². The molecule has 0 aromatic rings. The minimum Gasteiger partial charge on any atom is -0.462 e. The molecule has 1 unspecified atom stereocenters. The highest BCUT2D eigenvalue weighted by Gasteiger charge is 2.19. The van der Waals surface area contributed by atoms with Gasteiger partial charge in [-0.1, -0.05) is 314 Å². The fourth-order valence-corrected chi connectivity index (χ4v) is 9.64. The Morgan fingerprint density at radius 2 is 0.542 bits per heavy atom. The lowest BCUT2D eigenvalue weighted by Gasteiger charge is -2.18. The van der Waals surface area contributed by atoms with Gasteiger partial charge in [-0.3, -0.25) is 14.4 Å². The summed E-state index contributed by atoms with van der Waals surface area (Å²) in [5.74, 6) is -0.871. The van der Waals surface area contributed by atoms with Crippen LogP contribution in [0.5, 0.6) is 0 Å².